The molecule has 0 spiro atoms. The third-order valence-corrected chi connectivity index (χ3v) is 15.6. The van der Waals surface area contributed by atoms with Gasteiger partial charge >= 0.3 is 11.9 Å². The summed E-state index contributed by atoms with van der Waals surface area (Å²) in [6, 6.07) is -12.8. The zero-order chi connectivity index (χ0) is 73.0. The Morgan fingerprint density at radius 2 is 0.742 bits per heavy atom. The molecule has 4 heterocycles. The van der Waals surface area contributed by atoms with Gasteiger partial charge in [0.2, 0.25) is 59.1 Å². The summed E-state index contributed by atoms with van der Waals surface area (Å²) in [6.07, 6.45) is -34.9. The second-order valence-electron chi connectivity index (χ2n) is 23.3. The molecule has 4 aliphatic rings. The number of nitrogens with one attached hydrogen (secondary N) is 8. The molecule has 0 aromatic heterocycles. The predicted molar refractivity (Wildman–Crippen MR) is 318 cm³/mol. The third-order valence-electron chi connectivity index (χ3n) is 15.6. The number of hydrogen-bond donors (Lipinski definition) is 19. The molecule has 41 nitrogen and oxygen atoms in total. The molecule has 0 aromatic rings. The summed E-state index contributed by atoms with van der Waals surface area (Å²) in [4.78, 5) is 153. The Morgan fingerprint density at radius 3 is 1.09 bits per heavy atom. The van der Waals surface area contributed by atoms with Crippen LogP contribution in [0.4, 0.5) is 0 Å². The Morgan fingerprint density at radius 1 is 0.423 bits per heavy atom. The van der Waals surface area contributed by atoms with Crippen molar-refractivity contribution in [2.45, 2.75) is 247 Å². The van der Waals surface area contributed by atoms with Crippen molar-refractivity contribution >= 4 is 71.0 Å². The van der Waals surface area contributed by atoms with Crippen molar-refractivity contribution in [1.29, 1.82) is 0 Å². The molecule has 0 saturated carbocycles. The number of aliphatic hydroxyl groups excluding tert-OH is 7. The molecule has 0 unspecified atom stereocenters. The Balaban J connectivity index is 1.80. The minimum Gasteiger partial charge on any atom is -0.481 e. The summed E-state index contributed by atoms with van der Waals surface area (Å²) in [5.41, 5.74) is 10.7. The number of hydrogen-bond acceptors (Lipinski definition) is 29. The van der Waals surface area contributed by atoms with Gasteiger partial charge in [-0.05, 0) is 47.5 Å². The van der Waals surface area contributed by atoms with E-state index in [0.717, 1.165) is 41.5 Å². The standard InChI is InChI=1S/C56H92N10O31/c1-10-88-53-37(63-25(8)73)45(89-21(4)51(86)59-19(2)49(84)65-27(47(57)82)11-13-33(75)76)43(31(17-69)92-53)97-55-36(62-24(7)72)41(81)42(30(16-68)93-55)95-56-38(64-26(9)74)46(90-22(5)52(87)60-20(3)50(85)66-28(48(58)83)12-14-34(77)78)44(32(18-70)94-56)96-54-35(61-23(6)71)40(80)39(79)29(15-67)91-54/h19-22,27-32,35-46,53-56,67-70,79-81H,10-18H2,1-9H3,(H2,57,82)(H2,58,83)(H,59,86)(H,60,87)(H,61,71)(H,62,72)(H,63,73)(H,64,74)(H,65,84)(H,66,85)(H,75,76)(H,77,78)/t19-,20-,21+,22+,27+,28+,29+,30+,31+,32+,35+,36+,37+,38+,39+,40+,41+,42+,43+,44+,45+,46+,53+,54-,55-,56-/m0/s1. The summed E-state index contributed by atoms with van der Waals surface area (Å²) in [5.74, 6) is -12.3. The van der Waals surface area contributed by atoms with Gasteiger partial charge in [0, 0.05) is 47.1 Å². The fraction of sp³-hybridized carbons (Fsp3) is 0.786. The molecule has 552 valence electrons. The van der Waals surface area contributed by atoms with Gasteiger partial charge in [0.25, 0.3) is 0 Å². The molecule has 21 N–H and O–H groups in total. The first-order valence-corrected chi connectivity index (χ1v) is 30.8. The van der Waals surface area contributed by atoms with Crippen molar-refractivity contribution < 1.29 is 151 Å². The van der Waals surface area contributed by atoms with Crippen LogP contribution in [0.3, 0.4) is 0 Å². The fourth-order valence-electron chi connectivity index (χ4n) is 10.8. The van der Waals surface area contributed by atoms with Crippen LogP contribution >= 0.6 is 0 Å². The van der Waals surface area contributed by atoms with Gasteiger partial charge in [-0.15, -0.1) is 0 Å². The second-order valence-corrected chi connectivity index (χ2v) is 23.3. The molecular formula is C56H92N10O31. The molecule has 4 rings (SSSR count). The van der Waals surface area contributed by atoms with Gasteiger partial charge < -0.3 is 147 Å². The van der Waals surface area contributed by atoms with Gasteiger partial charge in [0.1, 0.15) is 134 Å². The summed E-state index contributed by atoms with van der Waals surface area (Å²) < 4.78 is 62.0. The topological polar surface area (TPSA) is 627 Å². The van der Waals surface area contributed by atoms with E-state index in [4.69, 9.17) is 69.0 Å². The molecule has 4 fully saturated rings. The number of aliphatic carboxylic acids is 2. The van der Waals surface area contributed by atoms with E-state index in [0.29, 0.717) is 0 Å². The maximum absolute atomic E-state index is 14.1. The minimum absolute atomic E-state index is 0.0866. The monoisotopic (exact) mass is 1400 g/mol. The van der Waals surface area contributed by atoms with Crippen molar-refractivity contribution in [3.63, 3.8) is 0 Å². The number of carbonyl (C=O) groups is 12. The average molecular weight is 1400 g/mol. The average Bonchev–Trinajstić information content (AvgIpc) is 0.771. The van der Waals surface area contributed by atoms with E-state index in [1.165, 1.54) is 13.8 Å². The van der Waals surface area contributed by atoms with Crippen LogP contribution in [0.2, 0.25) is 0 Å². The number of rotatable bonds is 36. The highest BCUT2D eigenvalue weighted by atomic mass is 16.8. The van der Waals surface area contributed by atoms with E-state index in [1.807, 2.05) is 0 Å². The lowest BCUT2D eigenvalue weighted by atomic mass is 9.92. The maximum atomic E-state index is 14.1. The fourth-order valence-corrected chi connectivity index (χ4v) is 10.8. The highest BCUT2D eigenvalue weighted by Gasteiger charge is 2.58. The van der Waals surface area contributed by atoms with Crippen LogP contribution in [0.15, 0.2) is 0 Å². The highest BCUT2D eigenvalue weighted by molar-refractivity contribution is 5.93. The molecular weight excluding hydrogens is 1310 g/mol. The van der Waals surface area contributed by atoms with Crippen molar-refractivity contribution in [3.8, 4) is 0 Å². The third kappa shape index (κ3) is 23.3. The summed E-state index contributed by atoms with van der Waals surface area (Å²) in [6.45, 7) is 6.12. The van der Waals surface area contributed by atoms with Gasteiger partial charge in [-0.25, -0.2) is 0 Å². The molecule has 97 heavy (non-hydrogen) atoms. The molecule has 0 aromatic carbocycles. The Bertz CT molecular complexity index is 2720. The normalized spacial score (nSPS) is 32.2. The summed E-state index contributed by atoms with van der Waals surface area (Å²) >= 11 is 0. The van der Waals surface area contributed by atoms with Gasteiger partial charge in [-0.3, -0.25) is 57.5 Å². The number of nitrogens with two attached hydrogens (primary N) is 2. The second kappa shape index (κ2) is 38.4. The largest absolute Gasteiger partial charge is 0.481 e. The van der Waals surface area contributed by atoms with Gasteiger partial charge in [-0.1, -0.05) is 0 Å². The number of carbonyl (C=O) groups excluding carboxylic acids is 10. The van der Waals surface area contributed by atoms with Crippen LogP contribution in [0.1, 0.15) is 88.0 Å². The first-order chi connectivity index (χ1) is 45.5. The maximum Gasteiger partial charge on any atom is 0.303 e. The van der Waals surface area contributed by atoms with Gasteiger partial charge in [0.15, 0.2) is 25.2 Å². The van der Waals surface area contributed by atoms with Crippen LogP contribution in [0, 0.1) is 0 Å². The molecule has 0 bridgehead atoms. The van der Waals surface area contributed by atoms with E-state index in [9.17, 15) is 93.3 Å². The first kappa shape index (κ1) is 82.4. The van der Waals surface area contributed by atoms with Crippen molar-refractivity contribution in [1.82, 2.24) is 42.5 Å². The highest BCUT2D eigenvalue weighted by Crippen LogP contribution is 2.37. The Hall–Kier alpha value is -7.04. The lowest BCUT2D eigenvalue weighted by Crippen LogP contribution is -2.72. The summed E-state index contributed by atoms with van der Waals surface area (Å²) in [7, 11) is 0. The van der Waals surface area contributed by atoms with E-state index in [1.54, 1.807) is 6.92 Å². The number of carboxylic acids is 2. The van der Waals surface area contributed by atoms with Crippen LogP contribution in [-0.4, -0.2) is 309 Å². The molecule has 0 aliphatic carbocycles. The molecule has 41 heteroatoms. The minimum atomic E-state index is -2.16. The van der Waals surface area contributed by atoms with Crippen LogP contribution in [0.5, 0.6) is 0 Å². The zero-order valence-electron chi connectivity index (χ0n) is 54.5. The van der Waals surface area contributed by atoms with Crippen LogP contribution in [-0.2, 0) is 105 Å². The van der Waals surface area contributed by atoms with E-state index < -0.39 is 276 Å². The smallest absolute Gasteiger partial charge is 0.303 e. The van der Waals surface area contributed by atoms with E-state index in [-0.39, 0.29) is 13.0 Å². The van der Waals surface area contributed by atoms with Crippen molar-refractivity contribution in [2.24, 2.45) is 11.5 Å². The number of carboxylic acid groups (broad SMARTS) is 2. The van der Waals surface area contributed by atoms with Crippen molar-refractivity contribution in [3.05, 3.63) is 0 Å². The lowest BCUT2D eigenvalue weighted by Gasteiger charge is -2.52. The van der Waals surface area contributed by atoms with E-state index in [2.05, 4.69) is 42.5 Å². The molecule has 10 amide bonds. The molecule has 4 aliphatic heterocycles. The molecule has 0 radical (unpaired) electrons. The number of ether oxygens (including phenoxy) is 10. The molecule has 4 saturated heterocycles. The van der Waals surface area contributed by atoms with Crippen molar-refractivity contribution in [2.75, 3.05) is 33.0 Å². The Labute approximate surface area is 554 Å². The first-order valence-electron chi connectivity index (χ1n) is 30.8. The predicted octanol–water partition coefficient (Wildman–Crippen LogP) is -10.6. The molecule has 26 atom stereocenters. The quantitative estimate of drug-likeness (QED) is 0.0277. The number of aliphatic hydroxyl groups is 7. The zero-order valence-corrected chi connectivity index (χ0v) is 54.5. The van der Waals surface area contributed by atoms with Gasteiger partial charge in [0.05, 0.1) is 26.4 Å². The number of amides is 10. The SMILES string of the molecule is CCO[C@@H]1O[C@H](CO)[C@@H](O[C@@H]2O[C@H](CO)[C@@H](O[C@@H]3O[C@H](CO)[C@@H](O[C@@H]4O[C@H](CO)[C@@H](O)[C@H](O)[C@H]4NC(C)=O)[C@H](O[C@H](C)C(=O)N[C@@H](C)C(=O)N[C@H](CCC(=O)O)C(N)=O)[C@H]3NC(C)=O)[C@H](O)[C@H]2NC(C)=O)[C@H](O[C@H](C)C(=O)N[C@@H](C)C(=O)N[C@H](CCC(=O)O)C(N)=O)[C@H]1NC(C)=O. The summed E-state index contributed by atoms with van der Waals surface area (Å²) in [5, 5.41) is 115. The van der Waals surface area contributed by atoms with Crippen LogP contribution < -0.4 is 54.0 Å². The lowest BCUT2D eigenvalue weighted by molar-refractivity contribution is -0.366. The van der Waals surface area contributed by atoms with E-state index >= 15 is 0 Å². The van der Waals surface area contributed by atoms with Gasteiger partial charge in [-0.2, -0.15) is 0 Å². The van der Waals surface area contributed by atoms with Crippen LogP contribution in [0.25, 0.3) is 0 Å². The Kier molecular flexibility index (Phi) is 32.6. The number of primary amides is 2.